The van der Waals surface area contributed by atoms with Gasteiger partial charge in [-0.15, -0.1) is 0 Å². The van der Waals surface area contributed by atoms with E-state index in [-0.39, 0.29) is 5.56 Å². The lowest BCUT2D eigenvalue weighted by molar-refractivity contribution is 0.171. The van der Waals surface area contributed by atoms with Crippen LogP contribution in [-0.4, -0.2) is 28.0 Å². The highest BCUT2D eigenvalue weighted by atomic mass is 32.2. The number of halogens is 1. The number of hydrogen-bond acceptors (Lipinski definition) is 6. The molecule has 1 unspecified atom stereocenters. The molecule has 0 aromatic heterocycles. The first-order valence-electron chi connectivity index (χ1n) is 6.65. The maximum atomic E-state index is 13.9. The molecule has 0 radical (unpaired) electrons. The van der Waals surface area contributed by atoms with E-state index in [1.54, 1.807) is 20.8 Å². The first-order chi connectivity index (χ1) is 10.1. The van der Waals surface area contributed by atoms with Crippen LogP contribution in [0.1, 0.15) is 26.3 Å². The second-order valence-corrected chi connectivity index (χ2v) is 8.34. The summed E-state index contributed by atoms with van der Waals surface area (Å²) in [6.07, 6.45) is -0.960. The van der Waals surface area contributed by atoms with Gasteiger partial charge in [0.25, 0.3) is 0 Å². The van der Waals surface area contributed by atoms with Crippen molar-refractivity contribution in [3.05, 3.63) is 29.6 Å². The number of rotatable bonds is 8. The molecule has 0 aliphatic carbocycles. The lowest BCUT2D eigenvalue weighted by atomic mass is 10.2. The van der Waals surface area contributed by atoms with Crippen molar-refractivity contribution in [2.75, 3.05) is 13.5 Å². The van der Waals surface area contributed by atoms with Crippen LogP contribution in [0.25, 0.3) is 0 Å². The summed E-state index contributed by atoms with van der Waals surface area (Å²) in [7, 11) is -7.03. The van der Waals surface area contributed by atoms with E-state index in [0.29, 0.717) is 6.42 Å². The maximum absolute atomic E-state index is 13.9. The second kappa shape index (κ2) is 7.66. The van der Waals surface area contributed by atoms with Crippen molar-refractivity contribution in [1.82, 2.24) is 0 Å². The van der Waals surface area contributed by atoms with Crippen molar-refractivity contribution in [1.29, 1.82) is 0 Å². The van der Waals surface area contributed by atoms with E-state index in [2.05, 4.69) is 0 Å². The molecule has 0 amide bonds. The lowest BCUT2D eigenvalue weighted by Gasteiger charge is -2.19. The summed E-state index contributed by atoms with van der Waals surface area (Å²) in [5, 5.41) is 0. The summed E-state index contributed by atoms with van der Waals surface area (Å²) in [5.41, 5.74) is 0.275. The van der Waals surface area contributed by atoms with Gasteiger partial charge in [-0.25, -0.2) is 4.39 Å². The zero-order chi connectivity index (χ0) is 17.0. The van der Waals surface area contributed by atoms with Crippen LogP contribution in [0.5, 0.6) is 0 Å². The Labute approximate surface area is 130 Å². The van der Waals surface area contributed by atoms with Gasteiger partial charge in [-0.1, -0.05) is 19.1 Å². The van der Waals surface area contributed by atoms with Gasteiger partial charge in [0.15, 0.2) is 6.35 Å². The van der Waals surface area contributed by atoms with E-state index >= 15 is 0 Å². The molecule has 0 aliphatic rings. The Balaban J connectivity index is 3.05. The fourth-order valence-corrected chi connectivity index (χ4v) is 4.68. The van der Waals surface area contributed by atoms with E-state index < -0.39 is 40.9 Å². The summed E-state index contributed by atoms with van der Waals surface area (Å²) >= 11 is 0. The Morgan fingerprint density at radius 3 is 2.45 bits per heavy atom. The highest BCUT2D eigenvalue weighted by Gasteiger charge is 2.31. The normalized spacial score (nSPS) is 15.0. The van der Waals surface area contributed by atoms with Crippen LogP contribution in [0.4, 0.5) is 4.39 Å². The summed E-state index contributed by atoms with van der Waals surface area (Å²) in [5.74, 6) is -0.920. The second-order valence-electron chi connectivity index (χ2n) is 4.73. The molecule has 22 heavy (non-hydrogen) atoms. The quantitative estimate of drug-likeness (QED) is 0.526. The van der Waals surface area contributed by atoms with Gasteiger partial charge in [-0.3, -0.25) is 8.75 Å². The largest absolute Gasteiger partial charge is 0.357 e. The van der Waals surface area contributed by atoms with Crippen LogP contribution in [0.3, 0.4) is 0 Å². The van der Waals surface area contributed by atoms with Crippen LogP contribution in [-0.2, 0) is 34.3 Å². The average Bonchev–Trinajstić information content (AvgIpc) is 2.44. The molecule has 0 spiro atoms. The molecule has 0 heterocycles. The van der Waals surface area contributed by atoms with E-state index in [4.69, 9.17) is 13.2 Å². The van der Waals surface area contributed by atoms with Gasteiger partial charge < -0.3 is 9.05 Å². The summed E-state index contributed by atoms with van der Waals surface area (Å²) < 4.78 is 64.9. The summed E-state index contributed by atoms with van der Waals surface area (Å²) in [4.78, 5) is -0.551. The molecule has 1 aromatic carbocycles. The fraction of sp³-hybridized carbons (Fsp3) is 0.538. The zero-order valence-corrected chi connectivity index (χ0v) is 14.6. The van der Waals surface area contributed by atoms with E-state index in [0.717, 1.165) is 13.2 Å². The Hall–Kier alpha value is -0.790. The third-order valence-electron chi connectivity index (χ3n) is 2.69. The SMILES string of the molecule is CCc1cccc(F)c1S(=O)(=O)OCP(=O)(OC)OC(C)C. The Kier molecular flexibility index (Phi) is 6.70. The molecule has 0 saturated heterocycles. The third-order valence-corrected chi connectivity index (χ3v) is 6.00. The molecule has 1 atom stereocenters. The number of benzene rings is 1. The molecule has 0 saturated carbocycles. The predicted octanol–water partition coefficient (Wildman–Crippen LogP) is 3.32. The first-order valence-corrected chi connectivity index (χ1v) is 9.79. The van der Waals surface area contributed by atoms with E-state index in [9.17, 15) is 17.4 Å². The Morgan fingerprint density at radius 1 is 1.32 bits per heavy atom. The van der Waals surface area contributed by atoms with Gasteiger partial charge in [-0.2, -0.15) is 8.42 Å². The molecular formula is C13H20FO6PS. The molecular weight excluding hydrogens is 334 g/mol. The van der Waals surface area contributed by atoms with Crippen LogP contribution < -0.4 is 0 Å². The molecule has 0 bridgehead atoms. The minimum absolute atomic E-state index is 0.275. The minimum Gasteiger partial charge on any atom is -0.310 e. The van der Waals surface area contributed by atoms with Crippen LogP contribution in [0.15, 0.2) is 23.1 Å². The fourth-order valence-electron chi connectivity index (χ4n) is 1.75. The van der Waals surface area contributed by atoms with Gasteiger partial charge in [0.1, 0.15) is 10.7 Å². The van der Waals surface area contributed by atoms with Gasteiger partial charge in [0.05, 0.1) is 6.10 Å². The van der Waals surface area contributed by atoms with Crippen LogP contribution in [0, 0.1) is 5.82 Å². The van der Waals surface area contributed by atoms with Crippen molar-refractivity contribution < 1.29 is 30.6 Å². The van der Waals surface area contributed by atoms with E-state index in [1.165, 1.54) is 12.1 Å². The number of aryl methyl sites for hydroxylation is 1. The highest BCUT2D eigenvalue weighted by Crippen LogP contribution is 2.49. The molecule has 6 nitrogen and oxygen atoms in total. The van der Waals surface area contributed by atoms with Gasteiger partial charge >= 0.3 is 17.7 Å². The lowest BCUT2D eigenvalue weighted by Crippen LogP contribution is -2.14. The molecule has 9 heteroatoms. The zero-order valence-electron chi connectivity index (χ0n) is 12.9. The van der Waals surface area contributed by atoms with Gasteiger partial charge in [0, 0.05) is 7.11 Å². The van der Waals surface area contributed by atoms with Crippen molar-refractivity contribution in [3.8, 4) is 0 Å². The molecule has 126 valence electrons. The van der Waals surface area contributed by atoms with Gasteiger partial charge in [-0.05, 0) is 31.9 Å². The van der Waals surface area contributed by atoms with Crippen LogP contribution in [0.2, 0.25) is 0 Å². The molecule has 1 rings (SSSR count). The van der Waals surface area contributed by atoms with Crippen molar-refractivity contribution in [2.24, 2.45) is 0 Å². The van der Waals surface area contributed by atoms with Crippen LogP contribution >= 0.6 is 7.60 Å². The van der Waals surface area contributed by atoms with Crippen molar-refractivity contribution in [3.63, 3.8) is 0 Å². The van der Waals surface area contributed by atoms with Gasteiger partial charge in [0.2, 0.25) is 0 Å². The predicted molar refractivity (Wildman–Crippen MR) is 79.8 cm³/mol. The number of hydrogen-bond donors (Lipinski definition) is 0. The molecule has 0 N–H and O–H groups in total. The average molecular weight is 354 g/mol. The standard InChI is InChI=1S/C13H20FO6PS/c1-5-11-7-6-8-12(14)13(11)22(16,17)19-9-21(15,18-4)20-10(2)3/h6-8,10H,5,9H2,1-4H3. The monoisotopic (exact) mass is 354 g/mol. The summed E-state index contributed by atoms with van der Waals surface area (Å²) in [6, 6.07) is 3.92. The van der Waals surface area contributed by atoms with Crippen molar-refractivity contribution >= 4 is 17.7 Å². The van der Waals surface area contributed by atoms with E-state index in [1.807, 2.05) is 0 Å². The molecule has 0 aliphatic heterocycles. The Bertz CT molecular complexity index is 658. The summed E-state index contributed by atoms with van der Waals surface area (Å²) in [6.45, 7) is 4.92. The molecule has 0 fully saturated rings. The maximum Gasteiger partial charge on any atom is 0.357 e. The Morgan fingerprint density at radius 2 is 1.95 bits per heavy atom. The highest BCUT2D eigenvalue weighted by molar-refractivity contribution is 7.87. The third kappa shape index (κ3) is 4.86. The van der Waals surface area contributed by atoms with Crippen molar-refractivity contribution in [2.45, 2.75) is 38.2 Å². The smallest absolute Gasteiger partial charge is 0.310 e. The molecule has 1 aromatic rings. The first kappa shape index (κ1) is 19.3. The topological polar surface area (TPSA) is 78.9 Å². The minimum atomic E-state index is -4.42.